The number of piperidine rings is 1. The molecule has 5 N–H and O–H groups in total. The minimum Gasteiger partial charge on any atom is -0.380 e. The van der Waals surface area contributed by atoms with Crippen LogP contribution in [0.3, 0.4) is 0 Å². The minimum absolute atomic E-state index is 0.0765. The molecule has 0 radical (unpaired) electrons. The van der Waals surface area contributed by atoms with Gasteiger partial charge < -0.3 is 10.1 Å². The van der Waals surface area contributed by atoms with Crippen molar-refractivity contribution in [3.8, 4) is 0 Å². The van der Waals surface area contributed by atoms with Crippen LogP contribution in [0.25, 0.3) is 0 Å². The average Bonchev–Trinajstić information content (AvgIpc) is 3.44. The van der Waals surface area contributed by atoms with Gasteiger partial charge in [-0.05, 0) is 45.4 Å². The van der Waals surface area contributed by atoms with Gasteiger partial charge >= 0.3 is 0 Å². The molecule has 5 aliphatic rings. The molecular weight excluding hydrogens is 404 g/mol. The van der Waals surface area contributed by atoms with Crippen molar-refractivity contribution < 1.29 is 13.2 Å². The van der Waals surface area contributed by atoms with Crippen molar-refractivity contribution in [1.29, 1.82) is 0 Å². The summed E-state index contributed by atoms with van der Waals surface area (Å²) in [5.41, 5.74) is 10.2. The van der Waals surface area contributed by atoms with E-state index in [1.807, 2.05) is 0 Å². The molecule has 0 amide bonds. The highest BCUT2D eigenvalue weighted by Crippen LogP contribution is 2.34. The van der Waals surface area contributed by atoms with E-state index in [2.05, 4.69) is 38.2 Å². The summed E-state index contributed by atoms with van der Waals surface area (Å²) in [6.07, 6.45) is 5.94. The number of hydrogen-bond donors (Lipinski definition) is 5. The van der Waals surface area contributed by atoms with Gasteiger partial charge in [0.1, 0.15) is 0 Å². The van der Waals surface area contributed by atoms with Gasteiger partial charge in [-0.1, -0.05) is 0 Å². The van der Waals surface area contributed by atoms with Gasteiger partial charge in [-0.2, -0.15) is 0 Å². The van der Waals surface area contributed by atoms with Gasteiger partial charge in [0.2, 0.25) is 10.0 Å². The molecule has 9 nitrogen and oxygen atoms in total. The molecule has 9 atom stereocenters. The molecule has 30 heavy (non-hydrogen) atoms. The quantitative estimate of drug-likeness (QED) is 0.380. The molecule has 4 heterocycles. The highest BCUT2D eigenvalue weighted by atomic mass is 32.2. The molecule has 0 spiro atoms. The topological polar surface area (TPSA) is 107 Å². The van der Waals surface area contributed by atoms with Crippen LogP contribution in [-0.4, -0.2) is 81.7 Å². The summed E-state index contributed by atoms with van der Waals surface area (Å²) in [5, 5.41) is 5.62. The second-order valence-corrected chi connectivity index (χ2v) is 11.9. The van der Waals surface area contributed by atoms with Crippen molar-refractivity contribution >= 4 is 10.0 Å². The maximum atomic E-state index is 13.4. The van der Waals surface area contributed by atoms with Crippen molar-refractivity contribution in [1.82, 2.24) is 31.3 Å². The summed E-state index contributed by atoms with van der Waals surface area (Å²) in [7, 11) is -1.73. The molecule has 172 valence electrons. The number of nitrogens with one attached hydrogen (secondary N) is 5. The highest BCUT2D eigenvalue weighted by Gasteiger charge is 2.49. The van der Waals surface area contributed by atoms with Gasteiger partial charge in [-0.3, -0.25) is 16.3 Å². The fraction of sp³-hybridized carbons (Fsp3) is 1.00. The van der Waals surface area contributed by atoms with E-state index >= 15 is 0 Å². The fourth-order valence-electron chi connectivity index (χ4n) is 6.77. The van der Waals surface area contributed by atoms with Crippen molar-refractivity contribution in [2.75, 3.05) is 26.7 Å². The van der Waals surface area contributed by atoms with Crippen molar-refractivity contribution in [3.63, 3.8) is 0 Å². The monoisotopic (exact) mass is 442 g/mol. The zero-order chi connectivity index (χ0) is 20.9. The number of hydrogen-bond acceptors (Lipinski definition) is 8. The molecule has 0 aromatic rings. The summed E-state index contributed by atoms with van der Waals surface area (Å²) in [6.45, 7) is 4.80. The Kier molecular flexibility index (Phi) is 6.13. The number of nitrogens with zero attached hydrogens (tertiary/aromatic N) is 1. The molecule has 1 aliphatic carbocycles. The van der Waals surface area contributed by atoms with E-state index in [4.69, 9.17) is 4.74 Å². The third-order valence-electron chi connectivity index (χ3n) is 8.41. The molecular formula is C20H38N6O3S. The smallest absolute Gasteiger partial charge is 0.216 e. The molecule has 4 aliphatic heterocycles. The lowest BCUT2D eigenvalue weighted by molar-refractivity contribution is 0.0193. The van der Waals surface area contributed by atoms with E-state index in [-0.39, 0.29) is 35.4 Å². The lowest BCUT2D eigenvalue weighted by Gasteiger charge is -2.41. The molecule has 0 aromatic heterocycles. The van der Waals surface area contributed by atoms with Crippen molar-refractivity contribution in [3.05, 3.63) is 0 Å². The predicted molar refractivity (Wildman–Crippen MR) is 115 cm³/mol. The standard InChI is InChI=1S/C20H38N6O3S/c1-12-19-16(24-23-12)7-8-18(29-2)20(19)25-30(27,28)13-5-6-15(21-10-13)14-11-22-26-9-3-4-17(14)26/h12-25H,3-11H2,1-2H3. The van der Waals surface area contributed by atoms with E-state index in [0.717, 1.165) is 38.8 Å². The predicted octanol–water partition coefficient (Wildman–Crippen LogP) is -0.716. The maximum absolute atomic E-state index is 13.4. The Balaban J connectivity index is 1.22. The van der Waals surface area contributed by atoms with Crippen molar-refractivity contribution in [2.45, 2.75) is 87.0 Å². The number of methoxy groups -OCH3 is 1. The molecule has 5 fully saturated rings. The van der Waals surface area contributed by atoms with Gasteiger partial charge in [-0.25, -0.2) is 18.1 Å². The second kappa shape index (κ2) is 8.55. The molecule has 9 unspecified atom stereocenters. The molecule has 0 aromatic carbocycles. The van der Waals surface area contributed by atoms with E-state index in [1.54, 1.807) is 7.11 Å². The SMILES string of the molecule is COC1CCC2NNC(C)C2C1NS(=O)(=O)C1CCC(C2CNN3CCCC23)NC1. The number of sulfonamides is 1. The molecule has 10 heteroatoms. The first-order chi connectivity index (χ1) is 14.5. The fourth-order valence-corrected chi connectivity index (χ4v) is 8.41. The Morgan fingerprint density at radius 2 is 1.87 bits per heavy atom. The van der Waals surface area contributed by atoms with E-state index < -0.39 is 10.0 Å². The van der Waals surface area contributed by atoms with Gasteiger partial charge in [0.05, 0.1) is 17.4 Å². The van der Waals surface area contributed by atoms with Crippen LogP contribution >= 0.6 is 0 Å². The van der Waals surface area contributed by atoms with Gasteiger partial charge in [0.15, 0.2) is 0 Å². The van der Waals surface area contributed by atoms with Gasteiger partial charge in [0.25, 0.3) is 0 Å². The lowest BCUT2D eigenvalue weighted by Crippen LogP contribution is -2.60. The van der Waals surface area contributed by atoms with Crippen LogP contribution in [0, 0.1) is 11.8 Å². The van der Waals surface area contributed by atoms with Crippen LogP contribution in [0.15, 0.2) is 0 Å². The van der Waals surface area contributed by atoms with Gasteiger partial charge in [-0.15, -0.1) is 0 Å². The van der Waals surface area contributed by atoms with E-state index in [9.17, 15) is 8.42 Å². The largest absolute Gasteiger partial charge is 0.380 e. The van der Waals surface area contributed by atoms with Crippen LogP contribution in [0.2, 0.25) is 0 Å². The maximum Gasteiger partial charge on any atom is 0.216 e. The van der Waals surface area contributed by atoms with Crippen LogP contribution in [0.5, 0.6) is 0 Å². The number of rotatable bonds is 5. The van der Waals surface area contributed by atoms with E-state index in [1.165, 1.54) is 12.8 Å². The number of ether oxygens (including phenoxy) is 1. The summed E-state index contributed by atoms with van der Waals surface area (Å²) < 4.78 is 35.5. The Bertz CT molecular complexity index is 715. The van der Waals surface area contributed by atoms with Crippen LogP contribution in [0.1, 0.15) is 45.4 Å². The number of hydrazine groups is 2. The third-order valence-corrected chi connectivity index (χ3v) is 10.3. The molecule has 1 saturated carbocycles. The normalized spacial score (nSPS) is 47.3. The zero-order valence-corrected chi connectivity index (χ0v) is 19.0. The van der Waals surface area contributed by atoms with E-state index in [0.29, 0.717) is 24.5 Å². The second-order valence-electron chi connectivity index (χ2n) is 9.94. The molecule has 4 saturated heterocycles. The Labute approximate surface area is 180 Å². The highest BCUT2D eigenvalue weighted by molar-refractivity contribution is 7.90. The summed E-state index contributed by atoms with van der Waals surface area (Å²) >= 11 is 0. The van der Waals surface area contributed by atoms with Crippen LogP contribution < -0.4 is 26.3 Å². The third kappa shape index (κ3) is 3.83. The van der Waals surface area contributed by atoms with Crippen LogP contribution in [0.4, 0.5) is 0 Å². The zero-order valence-electron chi connectivity index (χ0n) is 18.1. The summed E-state index contributed by atoms with van der Waals surface area (Å²) in [5.74, 6) is 0.776. The summed E-state index contributed by atoms with van der Waals surface area (Å²) in [4.78, 5) is 0. The number of fused-ring (bicyclic) bond motifs is 2. The average molecular weight is 443 g/mol. The Morgan fingerprint density at radius 1 is 1.03 bits per heavy atom. The first kappa shape index (κ1) is 21.5. The minimum atomic E-state index is -3.43. The van der Waals surface area contributed by atoms with Gasteiger partial charge in [0, 0.05) is 62.7 Å². The molecule has 5 rings (SSSR count). The first-order valence-corrected chi connectivity index (χ1v) is 13.3. The Hall–Kier alpha value is -0.330. The Morgan fingerprint density at radius 3 is 2.63 bits per heavy atom. The first-order valence-electron chi connectivity index (χ1n) is 11.8. The lowest BCUT2D eigenvalue weighted by atomic mass is 9.77. The van der Waals surface area contributed by atoms with Crippen LogP contribution in [-0.2, 0) is 14.8 Å². The molecule has 0 bridgehead atoms. The summed E-state index contributed by atoms with van der Waals surface area (Å²) in [6, 6.07) is 1.32. The van der Waals surface area contributed by atoms with Crippen molar-refractivity contribution in [2.24, 2.45) is 11.8 Å².